The first-order valence-electron chi connectivity index (χ1n) is 4.68. The first-order chi connectivity index (χ1) is 7.75. The van der Waals surface area contributed by atoms with Gasteiger partial charge in [-0.3, -0.25) is 4.21 Å². The molecule has 0 saturated heterocycles. The Morgan fingerprint density at radius 3 is 2.00 bits per heavy atom. The first kappa shape index (κ1) is 11.4. The van der Waals surface area contributed by atoms with Crippen molar-refractivity contribution in [1.82, 2.24) is 0 Å². The Labute approximate surface area is 101 Å². The van der Waals surface area contributed by atoms with Gasteiger partial charge in [-0.05, 0) is 47.5 Å². The van der Waals surface area contributed by atoms with Crippen LogP contribution >= 0.6 is 11.8 Å². The minimum Gasteiger partial charge on any atom is -0.768 e. The third-order valence-electron chi connectivity index (χ3n) is 2.00. The van der Waals surface area contributed by atoms with Gasteiger partial charge in [0, 0.05) is 14.7 Å². The third-order valence-corrected chi connectivity index (χ3v) is 3.67. The summed E-state index contributed by atoms with van der Waals surface area (Å²) in [4.78, 5) is 2.48. The average Bonchev–Trinajstić information content (AvgIpc) is 2.31. The lowest BCUT2D eigenvalue weighted by atomic mass is 10.4. The third kappa shape index (κ3) is 2.95. The van der Waals surface area contributed by atoms with Crippen LogP contribution in [0.3, 0.4) is 0 Å². The summed E-state index contributed by atoms with van der Waals surface area (Å²) >= 11 is -0.536. The maximum Gasteiger partial charge on any atom is 0.0249 e. The molecule has 2 nitrogen and oxygen atoms in total. The van der Waals surface area contributed by atoms with Crippen molar-refractivity contribution in [3.05, 3.63) is 54.6 Å². The van der Waals surface area contributed by atoms with E-state index in [1.54, 1.807) is 23.9 Å². The van der Waals surface area contributed by atoms with Crippen LogP contribution in [0.15, 0.2) is 69.3 Å². The molecule has 0 aliphatic heterocycles. The molecule has 0 aliphatic carbocycles. The van der Waals surface area contributed by atoms with E-state index in [2.05, 4.69) is 0 Å². The van der Waals surface area contributed by atoms with Crippen molar-refractivity contribution in [2.75, 3.05) is 0 Å². The van der Waals surface area contributed by atoms with Crippen molar-refractivity contribution in [2.45, 2.75) is 14.7 Å². The Morgan fingerprint density at radius 1 is 0.875 bits per heavy atom. The maximum atomic E-state index is 10.7. The largest absolute Gasteiger partial charge is 0.768 e. The molecule has 16 heavy (non-hydrogen) atoms. The van der Waals surface area contributed by atoms with Crippen LogP contribution in [-0.4, -0.2) is 8.76 Å². The van der Waals surface area contributed by atoms with Gasteiger partial charge in [-0.25, -0.2) is 0 Å². The summed E-state index contributed by atoms with van der Waals surface area (Å²) in [5.41, 5.74) is 0. The van der Waals surface area contributed by atoms with Crippen LogP contribution in [0.25, 0.3) is 0 Å². The van der Waals surface area contributed by atoms with Crippen LogP contribution < -0.4 is 0 Å². The predicted octanol–water partition coefficient (Wildman–Crippen LogP) is 3.08. The molecule has 82 valence electrons. The quantitative estimate of drug-likeness (QED) is 0.785. The highest BCUT2D eigenvalue weighted by Gasteiger charge is 1.97. The van der Waals surface area contributed by atoms with E-state index in [1.165, 1.54) is 0 Å². The van der Waals surface area contributed by atoms with Crippen molar-refractivity contribution in [1.29, 1.82) is 0 Å². The zero-order valence-corrected chi connectivity index (χ0v) is 9.96. The molecule has 0 saturated carbocycles. The van der Waals surface area contributed by atoms with Crippen molar-refractivity contribution >= 4 is 22.8 Å². The highest BCUT2D eigenvalue weighted by atomic mass is 32.2. The molecule has 0 N–H and O–H groups in total. The van der Waals surface area contributed by atoms with Gasteiger partial charge in [-0.1, -0.05) is 30.0 Å². The van der Waals surface area contributed by atoms with E-state index in [9.17, 15) is 8.76 Å². The molecule has 0 amide bonds. The molecule has 0 aromatic heterocycles. The van der Waals surface area contributed by atoms with Gasteiger partial charge in [0.15, 0.2) is 0 Å². The Morgan fingerprint density at radius 2 is 1.44 bits per heavy atom. The summed E-state index contributed by atoms with van der Waals surface area (Å²) < 4.78 is 21.3. The van der Waals surface area contributed by atoms with Gasteiger partial charge in [0.1, 0.15) is 0 Å². The Hall–Kier alpha value is -1.10. The van der Waals surface area contributed by atoms with Crippen LogP contribution in [0.5, 0.6) is 0 Å². The summed E-state index contributed by atoms with van der Waals surface area (Å²) in [6, 6.07) is 16.8. The van der Waals surface area contributed by atoms with Crippen molar-refractivity contribution in [3.63, 3.8) is 0 Å². The van der Waals surface area contributed by atoms with Crippen LogP contribution in [0.4, 0.5) is 0 Å². The molecular weight excluding hydrogens is 240 g/mol. The normalized spacial score (nSPS) is 12.3. The molecule has 4 heteroatoms. The Kier molecular flexibility index (Phi) is 3.77. The Bertz CT molecular complexity index is 480. The summed E-state index contributed by atoms with van der Waals surface area (Å²) in [6.45, 7) is 0. The highest BCUT2D eigenvalue weighted by molar-refractivity contribution is 7.99. The minimum absolute atomic E-state index is 0.317. The van der Waals surface area contributed by atoms with Crippen LogP contribution in [-0.2, 0) is 11.1 Å². The SMILES string of the molecule is O=S([O-])c1ccc(Sc2ccccc2)cc1. The van der Waals surface area contributed by atoms with E-state index < -0.39 is 11.1 Å². The molecule has 2 rings (SSSR count). The van der Waals surface area contributed by atoms with Gasteiger partial charge >= 0.3 is 0 Å². The molecule has 0 aliphatic rings. The van der Waals surface area contributed by atoms with Crippen LogP contribution in [0.2, 0.25) is 0 Å². The zero-order valence-electron chi connectivity index (χ0n) is 8.33. The van der Waals surface area contributed by atoms with E-state index in [-0.39, 0.29) is 0 Å². The number of benzene rings is 2. The molecule has 0 fully saturated rings. The molecule has 0 spiro atoms. The van der Waals surface area contributed by atoms with E-state index >= 15 is 0 Å². The molecule has 1 unspecified atom stereocenters. The lowest BCUT2D eigenvalue weighted by molar-refractivity contribution is 0.537. The van der Waals surface area contributed by atoms with E-state index in [0.717, 1.165) is 9.79 Å². The standard InChI is InChI=1S/C12H10O2S2/c13-16(14)12-8-6-11(7-9-12)15-10-4-2-1-3-5-10/h1-9H,(H,13,14)/p-1. The van der Waals surface area contributed by atoms with Crippen molar-refractivity contribution < 1.29 is 8.76 Å². The van der Waals surface area contributed by atoms with E-state index in [0.29, 0.717) is 4.90 Å². The second-order valence-electron chi connectivity index (χ2n) is 3.12. The lowest BCUT2D eigenvalue weighted by Crippen LogP contribution is -1.87. The van der Waals surface area contributed by atoms with Gasteiger partial charge in [-0.2, -0.15) is 0 Å². The zero-order chi connectivity index (χ0) is 11.4. The fourth-order valence-electron chi connectivity index (χ4n) is 1.24. The maximum absolute atomic E-state index is 10.7. The molecule has 0 radical (unpaired) electrons. The smallest absolute Gasteiger partial charge is 0.0249 e. The summed E-state index contributed by atoms with van der Waals surface area (Å²) in [5, 5.41) is 0. The second kappa shape index (κ2) is 5.30. The van der Waals surface area contributed by atoms with Gasteiger partial charge in [0.25, 0.3) is 0 Å². The van der Waals surface area contributed by atoms with E-state index in [4.69, 9.17) is 0 Å². The van der Waals surface area contributed by atoms with E-state index in [1.807, 2.05) is 42.5 Å². The van der Waals surface area contributed by atoms with Crippen LogP contribution in [0, 0.1) is 0 Å². The van der Waals surface area contributed by atoms with Crippen LogP contribution in [0.1, 0.15) is 0 Å². The lowest BCUT2D eigenvalue weighted by Gasteiger charge is -2.06. The molecule has 1 atom stereocenters. The van der Waals surface area contributed by atoms with Gasteiger partial charge in [0.05, 0.1) is 0 Å². The van der Waals surface area contributed by atoms with Crippen molar-refractivity contribution in [3.8, 4) is 0 Å². The van der Waals surface area contributed by atoms with Gasteiger partial charge in [0.2, 0.25) is 0 Å². The first-order valence-corrected chi connectivity index (χ1v) is 6.57. The van der Waals surface area contributed by atoms with Crippen molar-refractivity contribution in [2.24, 2.45) is 0 Å². The number of hydrogen-bond donors (Lipinski definition) is 0. The fourth-order valence-corrected chi connectivity index (χ4v) is 2.44. The topological polar surface area (TPSA) is 40.1 Å². The Balaban J connectivity index is 2.14. The molecule has 0 heterocycles. The number of hydrogen-bond acceptors (Lipinski definition) is 3. The molecular formula is C12H9O2S2-. The average molecular weight is 249 g/mol. The van der Waals surface area contributed by atoms with Gasteiger partial charge < -0.3 is 4.55 Å². The highest BCUT2D eigenvalue weighted by Crippen LogP contribution is 2.27. The fraction of sp³-hybridized carbons (Fsp3) is 0. The van der Waals surface area contributed by atoms with Gasteiger partial charge in [-0.15, -0.1) is 0 Å². The predicted molar refractivity (Wildman–Crippen MR) is 64.2 cm³/mol. The molecule has 0 bridgehead atoms. The summed E-state index contributed by atoms with van der Waals surface area (Å²) in [5.74, 6) is 0. The second-order valence-corrected chi connectivity index (χ2v) is 5.21. The molecule has 2 aromatic rings. The molecule has 2 aromatic carbocycles. The summed E-state index contributed by atoms with van der Waals surface area (Å²) in [6.07, 6.45) is 0. The minimum atomic E-state index is -2.14. The number of rotatable bonds is 3. The monoisotopic (exact) mass is 249 g/mol. The summed E-state index contributed by atoms with van der Waals surface area (Å²) in [7, 11) is 0.